The number of carbonyl (C=O) groups is 2. The number of fused-ring (bicyclic) bond motifs is 1. The molecule has 0 atom stereocenters. The Balaban J connectivity index is 1.64. The SMILES string of the molecule is CCCCCC(=O)Nc1ccc(C(=O)Nc2cccc3ccccc23)cc1. The minimum atomic E-state index is -0.174. The van der Waals surface area contributed by atoms with Crippen molar-refractivity contribution in [2.45, 2.75) is 32.6 Å². The lowest BCUT2D eigenvalue weighted by molar-refractivity contribution is -0.116. The third-order valence-electron chi connectivity index (χ3n) is 4.48. The second-order valence-electron chi connectivity index (χ2n) is 6.56. The van der Waals surface area contributed by atoms with E-state index in [0.29, 0.717) is 17.7 Å². The summed E-state index contributed by atoms with van der Waals surface area (Å²) in [5.74, 6) is -0.163. The zero-order valence-corrected chi connectivity index (χ0v) is 15.5. The topological polar surface area (TPSA) is 58.2 Å². The fourth-order valence-corrected chi connectivity index (χ4v) is 2.99. The van der Waals surface area contributed by atoms with E-state index >= 15 is 0 Å². The van der Waals surface area contributed by atoms with Crippen LogP contribution < -0.4 is 10.6 Å². The van der Waals surface area contributed by atoms with Crippen molar-refractivity contribution >= 4 is 34.0 Å². The average molecular weight is 360 g/mol. The number of carbonyl (C=O) groups excluding carboxylic acids is 2. The van der Waals surface area contributed by atoms with Gasteiger partial charge in [-0.25, -0.2) is 0 Å². The first kappa shape index (κ1) is 18.6. The minimum absolute atomic E-state index is 0.0106. The van der Waals surface area contributed by atoms with Crippen LogP contribution in [0, 0.1) is 0 Å². The lowest BCUT2D eigenvalue weighted by atomic mass is 10.1. The van der Waals surface area contributed by atoms with E-state index in [4.69, 9.17) is 0 Å². The Hall–Kier alpha value is -3.14. The molecular weight excluding hydrogens is 336 g/mol. The largest absolute Gasteiger partial charge is 0.326 e. The van der Waals surface area contributed by atoms with Crippen LogP contribution in [-0.4, -0.2) is 11.8 Å². The smallest absolute Gasteiger partial charge is 0.255 e. The van der Waals surface area contributed by atoms with Crippen LogP contribution in [0.2, 0.25) is 0 Å². The molecule has 27 heavy (non-hydrogen) atoms. The molecule has 0 saturated carbocycles. The van der Waals surface area contributed by atoms with Crippen LogP contribution in [0.1, 0.15) is 43.0 Å². The summed E-state index contributed by atoms with van der Waals surface area (Å²) < 4.78 is 0. The second-order valence-corrected chi connectivity index (χ2v) is 6.56. The number of hydrogen-bond acceptors (Lipinski definition) is 2. The van der Waals surface area contributed by atoms with Gasteiger partial charge < -0.3 is 10.6 Å². The van der Waals surface area contributed by atoms with Gasteiger partial charge in [0, 0.05) is 28.7 Å². The van der Waals surface area contributed by atoms with Crippen LogP contribution in [0.25, 0.3) is 10.8 Å². The van der Waals surface area contributed by atoms with E-state index < -0.39 is 0 Å². The van der Waals surface area contributed by atoms with Crippen molar-refractivity contribution in [3.05, 3.63) is 72.3 Å². The van der Waals surface area contributed by atoms with Crippen molar-refractivity contribution in [3.63, 3.8) is 0 Å². The highest BCUT2D eigenvalue weighted by molar-refractivity contribution is 6.09. The Morgan fingerprint density at radius 2 is 1.56 bits per heavy atom. The molecule has 0 spiro atoms. The summed E-state index contributed by atoms with van der Waals surface area (Å²) in [6, 6.07) is 20.7. The summed E-state index contributed by atoms with van der Waals surface area (Å²) in [5.41, 5.74) is 2.04. The van der Waals surface area contributed by atoms with E-state index in [-0.39, 0.29) is 11.8 Å². The van der Waals surface area contributed by atoms with Gasteiger partial charge in [-0.05, 0) is 42.1 Å². The highest BCUT2D eigenvalue weighted by Gasteiger charge is 2.09. The average Bonchev–Trinajstić information content (AvgIpc) is 2.69. The molecule has 0 aliphatic carbocycles. The first-order valence-corrected chi connectivity index (χ1v) is 9.36. The van der Waals surface area contributed by atoms with Crippen LogP contribution >= 0.6 is 0 Å². The van der Waals surface area contributed by atoms with Gasteiger partial charge in [0.15, 0.2) is 0 Å². The van der Waals surface area contributed by atoms with Gasteiger partial charge in [0.2, 0.25) is 5.91 Å². The summed E-state index contributed by atoms with van der Waals surface area (Å²) >= 11 is 0. The summed E-state index contributed by atoms with van der Waals surface area (Å²) in [4.78, 5) is 24.4. The molecule has 0 aliphatic heterocycles. The summed E-state index contributed by atoms with van der Waals surface area (Å²) in [6.07, 6.45) is 3.57. The Morgan fingerprint density at radius 1 is 0.815 bits per heavy atom. The van der Waals surface area contributed by atoms with Gasteiger partial charge in [-0.1, -0.05) is 56.2 Å². The van der Waals surface area contributed by atoms with Gasteiger partial charge in [-0.3, -0.25) is 9.59 Å². The first-order valence-electron chi connectivity index (χ1n) is 9.36. The second kappa shape index (κ2) is 8.99. The molecule has 0 fully saturated rings. The Labute approximate surface area is 159 Å². The monoisotopic (exact) mass is 360 g/mol. The molecule has 0 aliphatic rings. The quantitative estimate of drug-likeness (QED) is 0.538. The fourth-order valence-electron chi connectivity index (χ4n) is 2.99. The maximum atomic E-state index is 12.6. The van der Waals surface area contributed by atoms with Crippen LogP contribution in [0.4, 0.5) is 11.4 Å². The van der Waals surface area contributed by atoms with E-state index in [1.54, 1.807) is 24.3 Å². The van der Waals surface area contributed by atoms with Crippen molar-refractivity contribution in [2.24, 2.45) is 0 Å². The molecule has 3 aromatic carbocycles. The molecular formula is C23H24N2O2. The normalized spacial score (nSPS) is 10.6. The van der Waals surface area contributed by atoms with Gasteiger partial charge in [0.05, 0.1) is 0 Å². The van der Waals surface area contributed by atoms with Crippen LogP contribution in [-0.2, 0) is 4.79 Å². The van der Waals surface area contributed by atoms with Crippen molar-refractivity contribution < 1.29 is 9.59 Å². The summed E-state index contributed by atoms with van der Waals surface area (Å²) in [5, 5.41) is 7.92. The van der Waals surface area contributed by atoms with E-state index in [9.17, 15) is 9.59 Å². The maximum Gasteiger partial charge on any atom is 0.255 e. The van der Waals surface area contributed by atoms with E-state index in [0.717, 1.165) is 35.7 Å². The first-order chi connectivity index (χ1) is 13.2. The molecule has 3 rings (SSSR count). The van der Waals surface area contributed by atoms with E-state index in [1.165, 1.54) is 0 Å². The number of rotatable bonds is 7. The number of unbranched alkanes of at least 4 members (excludes halogenated alkanes) is 2. The van der Waals surface area contributed by atoms with Gasteiger partial charge in [0.1, 0.15) is 0 Å². The highest BCUT2D eigenvalue weighted by atomic mass is 16.2. The van der Waals surface area contributed by atoms with Crippen molar-refractivity contribution in [2.75, 3.05) is 10.6 Å². The molecule has 2 amide bonds. The van der Waals surface area contributed by atoms with Gasteiger partial charge in [0.25, 0.3) is 5.91 Å². The third-order valence-corrected chi connectivity index (χ3v) is 4.48. The van der Waals surface area contributed by atoms with Crippen molar-refractivity contribution in [1.82, 2.24) is 0 Å². The van der Waals surface area contributed by atoms with Crippen LogP contribution in [0.5, 0.6) is 0 Å². The van der Waals surface area contributed by atoms with Gasteiger partial charge in [-0.2, -0.15) is 0 Å². The molecule has 138 valence electrons. The number of hydrogen-bond donors (Lipinski definition) is 2. The lowest BCUT2D eigenvalue weighted by Gasteiger charge is -2.10. The third kappa shape index (κ3) is 4.94. The predicted molar refractivity (Wildman–Crippen MR) is 111 cm³/mol. The molecule has 3 aromatic rings. The zero-order valence-electron chi connectivity index (χ0n) is 15.5. The molecule has 4 heteroatoms. The molecule has 0 heterocycles. The highest BCUT2D eigenvalue weighted by Crippen LogP contribution is 2.23. The Morgan fingerprint density at radius 3 is 2.33 bits per heavy atom. The van der Waals surface area contributed by atoms with E-state index in [2.05, 4.69) is 17.6 Å². The summed E-state index contributed by atoms with van der Waals surface area (Å²) in [6.45, 7) is 2.11. The Bertz CT molecular complexity index is 927. The predicted octanol–water partition coefficient (Wildman–Crippen LogP) is 5.61. The van der Waals surface area contributed by atoms with Crippen LogP contribution in [0.3, 0.4) is 0 Å². The molecule has 0 radical (unpaired) electrons. The van der Waals surface area contributed by atoms with Gasteiger partial charge >= 0.3 is 0 Å². The maximum absolute atomic E-state index is 12.6. The molecule has 0 unspecified atom stereocenters. The minimum Gasteiger partial charge on any atom is -0.326 e. The number of amides is 2. The van der Waals surface area contributed by atoms with Crippen molar-refractivity contribution in [3.8, 4) is 0 Å². The van der Waals surface area contributed by atoms with Crippen LogP contribution in [0.15, 0.2) is 66.7 Å². The lowest BCUT2D eigenvalue weighted by Crippen LogP contribution is -2.13. The number of benzene rings is 3. The number of nitrogens with one attached hydrogen (secondary N) is 2. The van der Waals surface area contributed by atoms with Crippen molar-refractivity contribution in [1.29, 1.82) is 0 Å². The standard InChI is InChI=1S/C23H24N2O2/c1-2-3-4-12-22(26)24-19-15-13-18(14-16-19)23(27)25-21-11-7-9-17-8-5-6-10-20(17)21/h5-11,13-16H,2-4,12H2,1H3,(H,24,26)(H,25,27). The van der Waals surface area contributed by atoms with E-state index in [1.807, 2.05) is 42.5 Å². The molecule has 2 N–H and O–H groups in total. The molecule has 0 saturated heterocycles. The zero-order chi connectivity index (χ0) is 19.1. The summed E-state index contributed by atoms with van der Waals surface area (Å²) in [7, 11) is 0. The molecule has 0 bridgehead atoms. The fraction of sp³-hybridized carbons (Fsp3) is 0.217. The molecule has 4 nitrogen and oxygen atoms in total. The number of anilines is 2. The van der Waals surface area contributed by atoms with Gasteiger partial charge in [-0.15, -0.1) is 0 Å². The molecule has 0 aromatic heterocycles. The Kier molecular flexibility index (Phi) is 6.21.